The number of primary amides is 1. The first-order valence-corrected chi connectivity index (χ1v) is 6.26. The number of carbonyl (C=O) groups is 1. The van der Waals surface area contributed by atoms with Gasteiger partial charge in [-0.2, -0.15) is 0 Å². The Kier molecular flexibility index (Phi) is 3.85. The van der Waals surface area contributed by atoms with Gasteiger partial charge in [0.15, 0.2) is 0 Å². The second kappa shape index (κ2) is 5.57. The van der Waals surface area contributed by atoms with Crippen molar-refractivity contribution in [2.45, 2.75) is 20.4 Å². The molecule has 19 heavy (non-hydrogen) atoms. The van der Waals surface area contributed by atoms with Crippen molar-refractivity contribution in [1.29, 1.82) is 0 Å². The maximum atomic E-state index is 11.0. The Hall–Kier alpha value is -2.29. The molecule has 0 aliphatic rings. The molecule has 0 fully saturated rings. The maximum absolute atomic E-state index is 11.0. The van der Waals surface area contributed by atoms with Crippen molar-refractivity contribution in [3.8, 4) is 0 Å². The molecule has 0 saturated carbocycles. The number of amides is 1. The zero-order chi connectivity index (χ0) is 13.8. The molecule has 0 aromatic heterocycles. The number of rotatable bonds is 4. The van der Waals surface area contributed by atoms with Crippen molar-refractivity contribution in [3.63, 3.8) is 0 Å². The van der Waals surface area contributed by atoms with Crippen LogP contribution in [0.25, 0.3) is 0 Å². The molecule has 2 rings (SSSR count). The summed E-state index contributed by atoms with van der Waals surface area (Å²) >= 11 is 0. The lowest BCUT2D eigenvalue weighted by molar-refractivity contribution is 0.100. The van der Waals surface area contributed by atoms with Crippen molar-refractivity contribution in [2.24, 2.45) is 5.73 Å². The smallest absolute Gasteiger partial charge is 0.248 e. The summed E-state index contributed by atoms with van der Waals surface area (Å²) in [7, 11) is 0. The molecule has 3 heteroatoms. The third-order valence-electron chi connectivity index (χ3n) is 3.24. The van der Waals surface area contributed by atoms with Crippen LogP contribution in [-0.2, 0) is 6.54 Å². The van der Waals surface area contributed by atoms with E-state index in [0.29, 0.717) is 5.56 Å². The Morgan fingerprint density at radius 3 is 2.32 bits per heavy atom. The minimum Gasteiger partial charge on any atom is -0.381 e. The number of nitrogens with two attached hydrogens (primary N) is 1. The molecule has 0 radical (unpaired) electrons. The van der Waals surface area contributed by atoms with Gasteiger partial charge in [0, 0.05) is 17.8 Å². The Morgan fingerprint density at radius 1 is 1.05 bits per heavy atom. The molecule has 1 amide bonds. The van der Waals surface area contributed by atoms with Gasteiger partial charge in [0.25, 0.3) is 0 Å². The fourth-order valence-corrected chi connectivity index (χ4v) is 1.84. The third kappa shape index (κ3) is 3.35. The van der Waals surface area contributed by atoms with Crippen molar-refractivity contribution in [2.75, 3.05) is 5.32 Å². The van der Waals surface area contributed by atoms with Crippen LogP contribution in [0.15, 0.2) is 42.5 Å². The summed E-state index contributed by atoms with van der Waals surface area (Å²) in [5, 5.41) is 3.36. The number of benzene rings is 2. The van der Waals surface area contributed by atoms with Crippen molar-refractivity contribution in [1.82, 2.24) is 0 Å². The highest BCUT2D eigenvalue weighted by Crippen LogP contribution is 2.15. The number of hydrogen-bond acceptors (Lipinski definition) is 2. The standard InChI is InChI=1S/C16H18N2O/c1-11-3-8-15(9-12(11)2)18-10-13-4-6-14(7-5-13)16(17)19/h3-9,18H,10H2,1-2H3,(H2,17,19). The predicted octanol–water partition coefficient (Wildman–Crippen LogP) is 3.01. The second-order valence-electron chi connectivity index (χ2n) is 4.71. The van der Waals surface area contributed by atoms with Gasteiger partial charge in [-0.15, -0.1) is 0 Å². The molecule has 98 valence electrons. The minimum absolute atomic E-state index is 0.395. The van der Waals surface area contributed by atoms with E-state index in [1.54, 1.807) is 12.1 Å². The second-order valence-corrected chi connectivity index (χ2v) is 4.71. The van der Waals surface area contributed by atoms with E-state index in [-0.39, 0.29) is 0 Å². The van der Waals surface area contributed by atoms with Crippen LogP contribution in [0.5, 0.6) is 0 Å². The van der Waals surface area contributed by atoms with Gasteiger partial charge in [0.05, 0.1) is 0 Å². The van der Waals surface area contributed by atoms with Crippen LogP contribution in [-0.4, -0.2) is 5.91 Å². The molecule has 0 bridgehead atoms. The van der Waals surface area contributed by atoms with Gasteiger partial charge in [0.1, 0.15) is 0 Å². The van der Waals surface area contributed by atoms with E-state index >= 15 is 0 Å². The number of hydrogen-bond donors (Lipinski definition) is 2. The molecule has 0 heterocycles. The normalized spacial score (nSPS) is 10.2. The van der Waals surface area contributed by atoms with Crippen LogP contribution in [0.1, 0.15) is 27.0 Å². The van der Waals surface area contributed by atoms with Gasteiger partial charge < -0.3 is 11.1 Å². The zero-order valence-electron chi connectivity index (χ0n) is 11.2. The van der Waals surface area contributed by atoms with Gasteiger partial charge in [-0.05, 0) is 54.8 Å². The third-order valence-corrected chi connectivity index (χ3v) is 3.24. The van der Waals surface area contributed by atoms with Gasteiger partial charge in [-0.25, -0.2) is 0 Å². The van der Waals surface area contributed by atoms with Crippen molar-refractivity contribution < 1.29 is 4.79 Å². The first-order valence-electron chi connectivity index (χ1n) is 6.26. The van der Waals surface area contributed by atoms with Crippen molar-refractivity contribution >= 4 is 11.6 Å². The fraction of sp³-hybridized carbons (Fsp3) is 0.188. The molecule has 0 saturated heterocycles. The molecule has 0 aliphatic heterocycles. The number of aryl methyl sites for hydroxylation is 2. The van der Waals surface area contributed by atoms with Gasteiger partial charge >= 0.3 is 0 Å². The lowest BCUT2D eigenvalue weighted by atomic mass is 10.1. The molecule has 3 N–H and O–H groups in total. The Bertz CT molecular complexity index is 588. The Balaban J connectivity index is 2.01. The lowest BCUT2D eigenvalue weighted by Gasteiger charge is -2.09. The largest absolute Gasteiger partial charge is 0.381 e. The van der Waals surface area contributed by atoms with E-state index in [0.717, 1.165) is 17.8 Å². The summed E-state index contributed by atoms with van der Waals surface area (Å²) in [5.74, 6) is -0.395. The van der Waals surface area contributed by atoms with Crippen LogP contribution in [0, 0.1) is 13.8 Å². The molecule has 0 spiro atoms. The number of carbonyl (C=O) groups excluding carboxylic acids is 1. The SMILES string of the molecule is Cc1ccc(NCc2ccc(C(N)=O)cc2)cc1C. The number of nitrogens with one attached hydrogen (secondary N) is 1. The molecule has 0 aliphatic carbocycles. The van der Waals surface area contributed by atoms with Crippen molar-refractivity contribution in [3.05, 3.63) is 64.7 Å². The van der Waals surface area contributed by atoms with Crippen LogP contribution in [0.2, 0.25) is 0 Å². The van der Waals surface area contributed by atoms with Crippen LogP contribution < -0.4 is 11.1 Å². The summed E-state index contributed by atoms with van der Waals surface area (Å²) < 4.78 is 0. The highest BCUT2D eigenvalue weighted by atomic mass is 16.1. The van der Waals surface area contributed by atoms with Gasteiger partial charge in [-0.3, -0.25) is 4.79 Å². The summed E-state index contributed by atoms with van der Waals surface area (Å²) in [6.07, 6.45) is 0. The monoisotopic (exact) mass is 254 g/mol. The first kappa shape index (κ1) is 13.1. The van der Waals surface area contributed by atoms with E-state index in [4.69, 9.17) is 5.73 Å². The van der Waals surface area contributed by atoms with E-state index in [1.165, 1.54) is 11.1 Å². The first-order chi connectivity index (χ1) is 9.06. The highest BCUT2D eigenvalue weighted by molar-refractivity contribution is 5.92. The molecule has 2 aromatic carbocycles. The van der Waals surface area contributed by atoms with E-state index in [9.17, 15) is 4.79 Å². The van der Waals surface area contributed by atoms with E-state index in [2.05, 4.69) is 37.4 Å². The molecular weight excluding hydrogens is 236 g/mol. The highest BCUT2D eigenvalue weighted by Gasteiger charge is 2.00. The summed E-state index contributed by atoms with van der Waals surface area (Å²) in [5.41, 5.74) is 10.5. The van der Waals surface area contributed by atoms with Crippen LogP contribution >= 0.6 is 0 Å². The molecule has 2 aromatic rings. The van der Waals surface area contributed by atoms with Crippen LogP contribution in [0.3, 0.4) is 0 Å². The summed E-state index contributed by atoms with van der Waals surface area (Å²) in [6.45, 7) is 4.92. The Labute approximate surface area is 113 Å². The lowest BCUT2D eigenvalue weighted by Crippen LogP contribution is -2.10. The molecule has 0 atom stereocenters. The molecule has 3 nitrogen and oxygen atoms in total. The summed E-state index contributed by atoms with van der Waals surface area (Å²) in [6, 6.07) is 13.6. The topological polar surface area (TPSA) is 55.1 Å². The summed E-state index contributed by atoms with van der Waals surface area (Å²) in [4.78, 5) is 11.0. The quantitative estimate of drug-likeness (QED) is 0.881. The molecular formula is C16H18N2O. The minimum atomic E-state index is -0.395. The van der Waals surface area contributed by atoms with Gasteiger partial charge in [-0.1, -0.05) is 18.2 Å². The average Bonchev–Trinajstić information content (AvgIpc) is 2.40. The van der Waals surface area contributed by atoms with Crippen LogP contribution in [0.4, 0.5) is 5.69 Å². The maximum Gasteiger partial charge on any atom is 0.248 e. The number of anilines is 1. The van der Waals surface area contributed by atoms with E-state index in [1.807, 2.05) is 12.1 Å². The molecule has 0 unspecified atom stereocenters. The Morgan fingerprint density at radius 2 is 1.74 bits per heavy atom. The predicted molar refractivity (Wildman–Crippen MR) is 78.2 cm³/mol. The zero-order valence-corrected chi connectivity index (χ0v) is 11.2. The average molecular weight is 254 g/mol. The van der Waals surface area contributed by atoms with E-state index < -0.39 is 5.91 Å². The van der Waals surface area contributed by atoms with Gasteiger partial charge in [0.2, 0.25) is 5.91 Å². The fourth-order valence-electron chi connectivity index (χ4n) is 1.84.